The van der Waals surface area contributed by atoms with Crippen LogP contribution in [0.15, 0.2) is 133 Å². The maximum atomic E-state index is 14.6. The summed E-state index contributed by atoms with van der Waals surface area (Å²) in [5, 5.41) is 6.14. The third-order valence-corrected chi connectivity index (χ3v) is 10.7. The number of Topliss-reactive ketones (excluding diaryl/α,β-unsaturated/α-hetero) is 3. The van der Waals surface area contributed by atoms with Gasteiger partial charge in [-0.25, -0.2) is 0 Å². The highest BCUT2D eigenvalue weighted by Crippen LogP contribution is 2.38. The van der Waals surface area contributed by atoms with E-state index in [1.54, 1.807) is 12.1 Å². The van der Waals surface area contributed by atoms with Gasteiger partial charge in [-0.3, -0.25) is 24.0 Å². The van der Waals surface area contributed by atoms with E-state index in [0.29, 0.717) is 22.4 Å². The van der Waals surface area contributed by atoms with Gasteiger partial charge in [-0.15, -0.1) is 0 Å². The first kappa shape index (κ1) is 45.0. The summed E-state index contributed by atoms with van der Waals surface area (Å²) in [7, 11) is 1.42. The molecular formula is C48H46ClF3N2O6. The zero-order valence-electron chi connectivity index (χ0n) is 33.6. The molecule has 0 fully saturated rings. The lowest BCUT2D eigenvalue weighted by Crippen LogP contribution is -2.49. The van der Waals surface area contributed by atoms with Crippen LogP contribution in [0, 0.1) is 24.7 Å². The van der Waals surface area contributed by atoms with E-state index in [1.807, 2.05) is 91.9 Å². The topological polar surface area (TPSA) is 119 Å². The first-order valence-corrected chi connectivity index (χ1v) is 19.8. The van der Waals surface area contributed by atoms with Crippen molar-refractivity contribution in [2.45, 2.75) is 57.8 Å². The monoisotopic (exact) mass is 838 g/mol. The number of ether oxygens (including phenoxy) is 1. The number of methoxy groups -OCH3 is 1. The Kier molecular flexibility index (Phi) is 14.8. The van der Waals surface area contributed by atoms with Gasteiger partial charge in [-0.2, -0.15) is 13.2 Å². The molecule has 2 N–H and O–H groups in total. The van der Waals surface area contributed by atoms with Crippen molar-refractivity contribution in [3.63, 3.8) is 0 Å². The lowest BCUT2D eigenvalue weighted by atomic mass is 9.76. The molecule has 5 rings (SSSR count). The average molecular weight is 839 g/mol. The molecule has 0 aliphatic rings. The first-order chi connectivity index (χ1) is 28.5. The number of nitrogens with one attached hydrogen (secondary N) is 2. The van der Waals surface area contributed by atoms with Gasteiger partial charge in [0.25, 0.3) is 0 Å². The number of alkyl halides is 3. The van der Waals surface area contributed by atoms with E-state index in [9.17, 15) is 37.1 Å². The highest BCUT2D eigenvalue weighted by Gasteiger charge is 2.46. The molecule has 0 unspecified atom stereocenters. The van der Waals surface area contributed by atoms with Crippen molar-refractivity contribution in [3.8, 4) is 5.75 Å². The number of amides is 2. The Labute approximate surface area is 352 Å². The van der Waals surface area contributed by atoms with Crippen LogP contribution in [0.5, 0.6) is 5.75 Å². The standard InChI is InChI=1S/C48H46ClF3N2O6/c1-30(2)40(45(58)48(50,51)52)29-42(56)44(32-20-24-39(60-4)25-21-32)53-46(59)34(27-41(55)33-12-11-17-38(49)26-33)28-43(57)54-47(35-13-7-5-8-14-35,36-15-9-6-10-16-36)37-22-18-31(3)19-23-37/h5-26,30,34,40,44H,27-29H2,1-4H3,(H,53,59)(H,54,57)/t34-,40-,44-/m0/s1. The zero-order valence-corrected chi connectivity index (χ0v) is 34.3. The van der Waals surface area contributed by atoms with E-state index in [2.05, 4.69) is 10.6 Å². The van der Waals surface area contributed by atoms with Gasteiger partial charge in [-0.1, -0.05) is 140 Å². The third-order valence-electron chi connectivity index (χ3n) is 10.5. The molecule has 5 aromatic carbocycles. The number of halogens is 4. The molecule has 8 nitrogen and oxygen atoms in total. The molecule has 12 heteroatoms. The van der Waals surface area contributed by atoms with Crippen LogP contribution >= 0.6 is 11.6 Å². The predicted octanol–water partition coefficient (Wildman–Crippen LogP) is 9.56. The molecule has 0 aliphatic heterocycles. The lowest BCUT2D eigenvalue weighted by Gasteiger charge is -2.37. The van der Waals surface area contributed by atoms with Gasteiger partial charge in [-0.05, 0) is 59.4 Å². The largest absolute Gasteiger partial charge is 0.497 e. The molecule has 60 heavy (non-hydrogen) atoms. The smallest absolute Gasteiger partial charge is 0.450 e. The van der Waals surface area contributed by atoms with Crippen molar-refractivity contribution in [2.24, 2.45) is 17.8 Å². The summed E-state index contributed by atoms with van der Waals surface area (Å²) in [6.07, 6.45) is -7.08. The maximum Gasteiger partial charge on any atom is 0.450 e. The summed E-state index contributed by atoms with van der Waals surface area (Å²) in [6.45, 7) is 4.75. The van der Waals surface area contributed by atoms with Crippen molar-refractivity contribution < 1.29 is 41.9 Å². The van der Waals surface area contributed by atoms with Gasteiger partial charge in [0.05, 0.1) is 13.0 Å². The van der Waals surface area contributed by atoms with Gasteiger partial charge in [0.1, 0.15) is 17.3 Å². The van der Waals surface area contributed by atoms with Crippen LogP contribution in [0.3, 0.4) is 0 Å². The molecule has 0 bridgehead atoms. The first-order valence-electron chi connectivity index (χ1n) is 19.4. The minimum Gasteiger partial charge on any atom is -0.497 e. The van der Waals surface area contributed by atoms with Crippen LogP contribution in [-0.4, -0.2) is 42.5 Å². The summed E-state index contributed by atoms with van der Waals surface area (Å²) >= 11 is 6.20. The molecule has 5 aromatic rings. The van der Waals surface area contributed by atoms with Crippen molar-refractivity contribution >= 4 is 40.8 Å². The number of carbonyl (C=O) groups is 5. The number of hydrogen-bond donors (Lipinski definition) is 2. The number of carbonyl (C=O) groups excluding carboxylic acids is 5. The number of benzene rings is 5. The van der Waals surface area contributed by atoms with Crippen LogP contribution < -0.4 is 15.4 Å². The number of aryl methyl sites for hydroxylation is 1. The minimum atomic E-state index is -5.19. The van der Waals surface area contributed by atoms with Gasteiger partial charge in [0.2, 0.25) is 17.6 Å². The molecule has 3 atom stereocenters. The zero-order chi connectivity index (χ0) is 43.6. The van der Waals surface area contributed by atoms with E-state index in [0.717, 1.165) is 5.56 Å². The van der Waals surface area contributed by atoms with Gasteiger partial charge >= 0.3 is 6.18 Å². The van der Waals surface area contributed by atoms with Crippen molar-refractivity contribution in [2.75, 3.05) is 7.11 Å². The molecule has 0 spiro atoms. The van der Waals surface area contributed by atoms with Crippen LogP contribution in [0.4, 0.5) is 13.2 Å². The second kappa shape index (κ2) is 19.8. The van der Waals surface area contributed by atoms with E-state index >= 15 is 0 Å². The number of ketones is 3. The van der Waals surface area contributed by atoms with Crippen LogP contribution in [-0.2, 0) is 24.7 Å². The fraction of sp³-hybridized carbons (Fsp3) is 0.271. The summed E-state index contributed by atoms with van der Waals surface area (Å²) in [5.41, 5.74) is 2.21. The maximum absolute atomic E-state index is 14.6. The summed E-state index contributed by atoms with van der Waals surface area (Å²) in [4.78, 5) is 69.6. The highest BCUT2D eigenvalue weighted by molar-refractivity contribution is 6.31. The molecule has 0 saturated carbocycles. The molecule has 0 aliphatic carbocycles. The van der Waals surface area contributed by atoms with E-state index in [1.165, 1.54) is 57.4 Å². The van der Waals surface area contributed by atoms with Gasteiger partial charge in [0.15, 0.2) is 11.6 Å². The molecule has 0 aromatic heterocycles. The van der Waals surface area contributed by atoms with Crippen molar-refractivity contribution in [1.82, 2.24) is 10.6 Å². The van der Waals surface area contributed by atoms with Crippen LogP contribution in [0.25, 0.3) is 0 Å². The number of hydrogen-bond acceptors (Lipinski definition) is 6. The van der Waals surface area contributed by atoms with E-state index in [4.69, 9.17) is 16.3 Å². The minimum absolute atomic E-state index is 0.177. The summed E-state index contributed by atoms with van der Waals surface area (Å²) < 4.78 is 46.3. The summed E-state index contributed by atoms with van der Waals surface area (Å²) in [6, 6.07) is 36.7. The predicted molar refractivity (Wildman–Crippen MR) is 223 cm³/mol. The second-order valence-corrected chi connectivity index (χ2v) is 15.5. The number of rotatable bonds is 18. The average Bonchev–Trinajstić information content (AvgIpc) is 3.23. The Morgan fingerprint density at radius 1 is 0.700 bits per heavy atom. The van der Waals surface area contributed by atoms with Crippen molar-refractivity contribution in [1.29, 1.82) is 0 Å². The Morgan fingerprint density at radius 2 is 1.27 bits per heavy atom. The Bertz CT molecular complexity index is 2240. The Morgan fingerprint density at radius 3 is 1.78 bits per heavy atom. The molecule has 0 saturated heterocycles. The lowest BCUT2D eigenvalue weighted by molar-refractivity contribution is -0.177. The fourth-order valence-corrected chi connectivity index (χ4v) is 7.41. The normalized spacial score (nSPS) is 13.2. The molecule has 2 amide bonds. The molecule has 0 radical (unpaired) electrons. The Hall–Kier alpha value is -6.07. The fourth-order valence-electron chi connectivity index (χ4n) is 7.22. The van der Waals surface area contributed by atoms with E-state index in [-0.39, 0.29) is 16.1 Å². The Balaban J connectivity index is 1.56. The molecule has 312 valence electrons. The molecular weight excluding hydrogens is 793 g/mol. The SMILES string of the molecule is COc1ccc([C@H](NC(=O)[C@H](CC(=O)NC(c2ccccc2)(c2ccccc2)c2ccc(C)cc2)CC(=O)c2cccc(Cl)c2)C(=O)C[C@H](C(=O)C(F)(F)F)C(C)C)cc1. The van der Waals surface area contributed by atoms with Crippen LogP contribution in [0.1, 0.15) is 77.3 Å². The van der Waals surface area contributed by atoms with Crippen LogP contribution in [0.2, 0.25) is 5.02 Å². The van der Waals surface area contributed by atoms with Crippen molar-refractivity contribution in [3.05, 3.63) is 172 Å². The summed E-state index contributed by atoms with van der Waals surface area (Å²) in [5.74, 6) is -8.56. The van der Waals surface area contributed by atoms with Gasteiger partial charge in [0, 0.05) is 35.8 Å². The highest BCUT2D eigenvalue weighted by atomic mass is 35.5. The second-order valence-electron chi connectivity index (χ2n) is 15.0. The third kappa shape index (κ3) is 10.9. The quantitative estimate of drug-likeness (QED) is 0.0671. The van der Waals surface area contributed by atoms with Gasteiger partial charge < -0.3 is 15.4 Å². The van der Waals surface area contributed by atoms with E-state index < -0.39 is 83.9 Å². The molecule has 0 heterocycles.